The Balaban J connectivity index is 2.00. The molecular formula is C15H15F3N2O2. The molecule has 3 rings (SSSR count). The number of amides is 2. The zero-order valence-electron chi connectivity index (χ0n) is 11.8. The Hall–Kier alpha value is -2.05. The molecule has 0 atom stereocenters. The van der Waals surface area contributed by atoms with Crippen molar-refractivity contribution in [3.8, 4) is 0 Å². The molecule has 1 saturated carbocycles. The molecule has 1 aliphatic heterocycles. The topological polar surface area (TPSA) is 49.4 Å². The summed E-state index contributed by atoms with van der Waals surface area (Å²) in [6.07, 6.45) is 2.57. The van der Waals surface area contributed by atoms with Crippen molar-refractivity contribution in [3.63, 3.8) is 0 Å². The average Bonchev–Trinajstić information content (AvgIpc) is 2.96. The van der Waals surface area contributed by atoms with Crippen molar-refractivity contribution in [2.45, 2.75) is 31.2 Å². The van der Waals surface area contributed by atoms with Crippen LogP contribution in [0.1, 0.15) is 36.0 Å². The van der Waals surface area contributed by atoms with Crippen LogP contribution in [0.5, 0.6) is 0 Å². The van der Waals surface area contributed by atoms with Crippen LogP contribution in [0.2, 0.25) is 0 Å². The molecule has 0 bridgehead atoms. The molecule has 2 aliphatic rings. The SMILES string of the molecule is O=C(c1cc(F)c(F)cc1F)N1CCNC(=O)C12CCCC2. The van der Waals surface area contributed by atoms with E-state index in [0.717, 1.165) is 12.8 Å². The number of nitrogens with one attached hydrogen (secondary N) is 1. The lowest BCUT2D eigenvalue weighted by Crippen LogP contribution is -2.65. The van der Waals surface area contributed by atoms with Gasteiger partial charge in [0.05, 0.1) is 5.56 Å². The largest absolute Gasteiger partial charge is 0.352 e. The van der Waals surface area contributed by atoms with Crippen LogP contribution >= 0.6 is 0 Å². The minimum atomic E-state index is -1.35. The molecule has 2 amide bonds. The third-order valence-electron chi connectivity index (χ3n) is 4.48. The van der Waals surface area contributed by atoms with Crippen molar-refractivity contribution in [1.82, 2.24) is 10.2 Å². The summed E-state index contributed by atoms with van der Waals surface area (Å²) in [5, 5.41) is 2.73. The Kier molecular flexibility index (Phi) is 3.58. The minimum Gasteiger partial charge on any atom is -0.352 e. The number of nitrogens with zero attached hydrogens (tertiary/aromatic N) is 1. The number of carbonyl (C=O) groups is 2. The number of rotatable bonds is 1. The van der Waals surface area contributed by atoms with Gasteiger partial charge in [-0.1, -0.05) is 12.8 Å². The summed E-state index contributed by atoms with van der Waals surface area (Å²) in [6, 6.07) is 0.913. The Labute approximate surface area is 125 Å². The van der Waals surface area contributed by atoms with Crippen molar-refractivity contribution in [1.29, 1.82) is 0 Å². The van der Waals surface area contributed by atoms with E-state index in [-0.39, 0.29) is 19.0 Å². The highest BCUT2D eigenvalue weighted by Crippen LogP contribution is 2.38. The highest BCUT2D eigenvalue weighted by Gasteiger charge is 2.50. The number of carbonyl (C=O) groups excluding carboxylic acids is 2. The van der Waals surface area contributed by atoms with E-state index in [0.29, 0.717) is 25.0 Å². The number of hydrogen-bond donors (Lipinski definition) is 1. The summed E-state index contributed by atoms with van der Waals surface area (Å²) in [5.41, 5.74) is -1.54. The molecule has 118 valence electrons. The van der Waals surface area contributed by atoms with Gasteiger partial charge in [0.1, 0.15) is 11.4 Å². The van der Waals surface area contributed by atoms with E-state index in [1.807, 2.05) is 0 Å². The van der Waals surface area contributed by atoms with Gasteiger partial charge in [0.15, 0.2) is 11.6 Å². The second-order valence-electron chi connectivity index (χ2n) is 5.70. The van der Waals surface area contributed by atoms with Crippen LogP contribution in [-0.4, -0.2) is 35.3 Å². The van der Waals surface area contributed by atoms with Gasteiger partial charge >= 0.3 is 0 Å². The Morgan fingerprint density at radius 2 is 1.73 bits per heavy atom. The van der Waals surface area contributed by atoms with Gasteiger partial charge in [0.25, 0.3) is 5.91 Å². The molecule has 1 aromatic rings. The van der Waals surface area contributed by atoms with E-state index in [4.69, 9.17) is 0 Å². The van der Waals surface area contributed by atoms with Crippen LogP contribution in [0.15, 0.2) is 12.1 Å². The summed E-state index contributed by atoms with van der Waals surface area (Å²) < 4.78 is 40.2. The van der Waals surface area contributed by atoms with Crippen LogP contribution in [0.3, 0.4) is 0 Å². The molecule has 1 heterocycles. The highest BCUT2D eigenvalue weighted by molar-refractivity contribution is 6.00. The molecule has 4 nitrogen and oxygen atoms in total. The first-order chi connectivity index (χ1) is 10.5. The van der Waals surface area contributed by atoms with E-state index in [9.17, 15) is 22.8 Å². The fourth-order valence-corrected chi connectivity index (χ4v) is 3.37. The predicted molar refractivity (Wildman–Crippen MR) is 71.6 cm³/mol. The Bertz CT molecular complexity index is 642. The van der Waals surface area contributed by atoms with Gasteiger partial charge in [0.2, 0.25) is 5.91 Å². The molecule has 7 heteroatoms. The van der Waals surface area contributed by atoms with Crippen LogP contribution < -0.4 is 5.32 Å². The third-order valence-corrected chi connectivity index (χ3v) is 4.48. The Morgan fingerprint density at radius 3 is 2.41 bits per heavy atom. The van der Waals surface area contributed by atoms with Crippen molar-refractivity contribution in [2.75, 3.05) is 13.1 Å². The van der Waals surface area contributed by atoms with E-state index < -0.39 is 34.5 Å². The number of benzene rings is 1. The number of piperazine rings is 1. The van der Waals surface area contributed by atoms with Gasteiger partial charge in [-0.05, 0) is 18.9 Å². The van der Waals surface area contributed by atoms with Gasteiger partial charge < -0.3 is 10.2 Å². The summed E-state index contributed by atoms with van der Waals surface area (Å²) in [6.45, 7) is 0.487. The minimum absolute atomic E-state index is 0.225. The first-order valence-electron chi connectivity index (χ1n) is 7.20. The molecular weight excluding hydrogens is 297 g/mol. The van der Waals surface area contributed by atoms with Gasteiger partial charge in [-0.3, -0.25) is 9.59 Å². The van der Waals surface area contributed by atoms with Crippen LogP contribution in [0, 0.1) is 17.5 Å². The third kappa shape index (κ3) is 2.15. The van der Waals surface area contributed by atoms with Crippen molar-refractivity contribution < 1.29 is 22.8 Å². The first-order valence-corrected chi connectivity index (χ1v) is 7.20. The molecule has 0 radical (unpaired) electrons. The fourth-order valence-electron chi connectivity index (χ4n) is 3.37. The Morgan fingerprint density at radius 1 is 1.09 bits per heavy atom. The standard InChI is InChI=1S/C15H15F3N2O2/c16-10-8-12(18)11(17)7-9(10)13(21)20-6-5-19-14(22)15(20)3-1-2-4-15/h7-8H,1-6H2,(H,19,22). The summed E-state index contributed by atoms with van der Waals surface area (Å²) in [7, 11) is 0. The monoisotopic (exact) mass is 312 g/mol. The predicted octanol–water partition coefficient (Wildman–Crippen LogP) is 1.99. The normalized spacial score (nSPS) is 20.3. The molecule has 1 aromatic carbocycles. The molecule has 22 heavy (non-hydrogen) atoms. The second-order valence-corrected chi connectivity index (χ2v) is 5.70. The quantitative estimate of drug-likeness (QED) is 0.806. The van der Waals surface area contributed by atoms with Gasteiger partial charge in [-0.2, -0.15) is 0 Å². The summed E-state index contributed by atoms with van der Waals surface area (Å²) in [4.78, 5) is 26.2. The van der Waals surface area contributed by atoms with Gasteiger partial charge in [-0.15, -0.1) is 0 Å². The van der Waals surface area contributed by atoms with E-state index in [1.54, 1.807) is 0 Å². The number of halogens is 3. The zero-order valence-corrected chi connectivity index (χ0v) is 11.8. The van der Waals surface area contributed by atoms with Crippen LogP contribution in [-0.2, 0) is 4.79 Å². The van der Waals surface area contributed by atoms with Gasteiger partial charge in [0, 0.05) is 19.2 Å². The molecule has 2 fully saturated rings. The van der Waals surface area contributed by atoms with Crippen LogP contribution in [0.25, 0.3) is 0 Å². The molecule has 0 unspecified atom stereocenters. The smallest absolute Gasteiger partial charge is 0.257 e. The zero-order chi connectivity index (χ0) is 15.9. The summed E-state index contributed by atoms with van der Waals surface area (Å²) in [5.74, 6) is -4.78. The van der Waals surface area contributed by atoms with E-state index in [2.05, 4.69) is 5.32 Å². The number of hydrogen-bond acceptors (Lipinski definition) is 2. The van der Waals surface area contributed by atoms with Crippen molar-refractivity contribution in [3.05, 3.63) is 35.1 Å². The molecule has 0 aromatic heterocycles. The average molecular weight is 312 g/mol. The lowest BCUT2D eigenvalue weighted by Gasteiger charge is -2.43. The molecule has 1 aliphatic carbocycles. The summed E-state index contributed by atoms with van der Waals surface area (Å²) >= 11 is 0. The molecule has 1 N–H and O–H groups in total. The van der Waals surface area contributed by atoms with E-state index >= 15 is 0 Å². The van der Waals surface area contributed by atoms with Gasteiger partial charge in [-0.25, -0.2) is 13.2 Å². The fraction of sp³-hybridized carbons (Fsp3) is 0.467. The lowest BCUT2D eigenvalue weighted by atomic mass is 9.90. The molecule has 1 spiro atoms. The second kappa shape index (κ2) is 5.30. The van der Waals surface area contributed by atoms with E-state index in [1.165, 1.54) is 4.90 Å². The lowest BCUT2D eigenvalue weighted by molar-refractivity contribution is -0.134. The first kappa shape index (κ1) is 14.9. The van der Waals surface area contributed by atoms with Crippen LogP contribution in [0.4, 0.5) is 13.2 Å². The maximum atomic E-state index is 13.9. The van der Waals surface area contributed by atoms with Crippen molar-refractivity contribution >= 4 is 11.8 Å². The maximum Gasteiger partial charge on any atom is 0.257 e. The maximum absolute atomic E-state index is 13.9. The van der Waals surface area contributed by atoms with Crippen molar-refractivity contribution in [2.24, 2.45) is 0 Å². The molecule has 1 saturated heterocycles. The highest BCUT2D eigenvalue weighted by atomic mass is 19.2.